The summed E-state index contributed by atoms with van der Waals surface area (Å²) in [6.45, 7) is 0. The Labute approximate surface area is 58.2 Å². The number of hydrogen-bond donors (Lipinski definition) is 2. The van der Waals surface area contributed by atoms with Crippen molar-refractivity contribution < 1.29 is 32.6 Å². The first-order valence-corrected chi connectivity index (χ1v) is 2.36. The van der Waals surface area contributed by atoms with Gasteiger partial charge in [-0.05, 0) is 0 Å². The fourth-order valence-corrected chi connectivity index (χ4v) is 0.296. The van der Waals surface area contributed by atoms with Crippen LogP contribution in [0.2, 0.25) is 0 Å². The topological polar surface area (TPSA) is 57.5 Å². The fraction of sp³-hybridized carbons (Fsp3) is 0.750. The van der Waals surface area contributed by atoms with Crippen LogP contribution in [0.15, 0.2) is 0 Å². The van der Waals surface area contributed by atoms with Crippen molar-refractivity contribution in [3.05, 3.63) is 0 Å². The van der Waals surface area contributed by atoms with Gasteiger partial charge in [-0.2, -0.15) is 17.6 Å². The van der Waals surface area contributed by atoms with Gasteiger partial charge in [0.2, 0.25) is 0 Å². The van der Waals surface area contributed by atoms with Crippen LogP contribution in [-0.2, 0) is 4.79 Å². The largest absolute Gasteiger partial charge is 0.481 e. The predicted octanol–water partition coefficient (Wildman–Crippen LogP) is 0.682. The van der Waals surface area contributed by atoms with Gasteiger partial charge in [0.25, 0.3) is 0 Å². The molecule has 0 unspecified atom stereocenters. The lowest BCUT2D eigenvalue weighted by Gasteiger charge is -2.18. The first-order chi connectivity index (χ1) is 4.67. The minimum Gasteiger partial charge on any atom is -0.481 e. The number of carboxylic acid groups (broad SMARTS) is 1. The maximum atomic E-state index is 11.8. The second-order valence-corrected chi connectivity index (χ2v) is 1.82. The first-order valence-electron chi connectivity index (χ1n) is 2.36. The number of halogens is 4. The Morgan fingerprint density at radius 2 is 1.64 bits per heavy atom. The molecular weight excluding hydrogens is 172 g/mol. The van der Waals surface area contributed by atoms with E-state index in [-0.39, 0.29) is 0 Å². The summed E-state index contributed by atoms with van der Waals surface area (Å²) in [6.07, 6.45) is -7.39. The molecule has 7 heteroatoms. The van der Waals surface area contributed by atoms with Crippen LogP contribution >= 0.6 is 0 Å². The summed E-state index contributed by atoms with van der Waals surface area (Å²) in [6, 6.07) is 0. The molecule has 3 nitrogen and oxygen atoms in total. The molecule has 11 heavy (non-hydrogen) atoms. The molecule has 0 aromatic heterocycles. The lowest BCUT2D eigenvalue weighted by Crippen LogP contribution is -2.41. The van der Waals surface area contributed by atoms with Gasteiger partial charge in [0.1, 0.15) is 6.42 Å². The van der Waals surface area contributed by atoms with Gasteiger partial charge in [-0.15, -0.1) is 0 Å². The van der Waals surface area contributed by atoms with Gasteiger partial charge in [0.05, 0.1) is 0 Å². The van der Waals surface area contributed by atoms with E-state index in [0.717, 1.165) is 0 Å². The van der Waals surface area contributed by atoms with E-state index in [1.54, 1.807) is 0 Å². The normalized spacial score (nSPS) is 13.2. The molecule has 0 atom stereocenters. The molecule has 0 saturated heterocycles. The third kappa shape index (κ3) is 2.71. The van der Waals surface area contributed by atoms with Crippen molar-refractivity contribution in [2.45, 2.75) is 18.5 Å². The summed E-state index contributed by atoms with van der Waals surface area (Å²) in [4.78, 5) is 9.54. The van der Waals surface area contributed by atoms with Crippen LogP contribution in [0.1, 0.15) is 6.42 Å². The Balaban J connectivity index is 4.34. The summed E-state index contributed by atoms with van der Waals surface area (Å²) >= 11 is 0. The maximum Gasteiger partial charge on any atom is 0.417 e. The molecular formula is C4H4F4O3. The smallest absolute Gasteiger partial charge is 0.417 e. The van der Waals surface area contributed by atoms with Crippen molar-refractivity contribution in [3.8, 4) is 0 Å². The molecule has 0 bridgehead atoms. The molecule has 0 aliphatic carbocycles. The summed E-state index contributed by atoms with van der Waals surface area (Å²) in [5, 5.41) is 15.1. The third-order valence-corrected chi connectivity index (χ3v) is 0.813. The van der Waals surface area contributed by atoms with Crippen molar-refractivity contribution >= 4 is 5.97 Å². The Bertz CT molecular complexity index is 161. The van der Waals surface area contributed by atoms with Crippen LogP contribution in [-0.4, -0.2) is 28.2 Å². The zero-order valence-electron chi connectivity index (χ0n) is 5.02. The number of carbonyl (C=O) groups is 1. The molecule has 0 aliphatic heterocycles. The van der Waals surface area contributed by atoms with E-state index in [9.17, 15) is 22.4 Å². The molecule has 0 amide bonds. The standard InChI is InChI=1S/C4H4F4O3/c5-3(6,1-2(9)10)4(7,8)11/h11H,1H2,(H,9,10). The maximum absolute atomic E-state index is 11.8. The fourth-order valence-electron chi connectivity index (χ4n) is 0.296. The zero-order chi connectivity index (χ0) is 9.28. The van der Waals surface area contributed by atoms with Crippen LogP contribution in [0.3, 0.4) is 0 Å². The van der Waals surface area contributed by atoms with Crippen LogP contribution < -0.4 is 0 Å². The number of alkyl halides is 4. The van der Waals surface area contributed by atoms with Gasteiger partial charge in [-0.25, -0.2) is 0 Å². The van der Waals surface area contributed by atoms with Crippen molar-refractivity contribution in [2.75, 3.05) is 0 Å². The summed E-state index contributed by atoms with van der Waals surface area (Å²) in [5.41, 5.74) is 0. The molecule has 2 N–H and O–H groups in total. The number of rotatable bonds is 3. The lowest BCUT2D eigenvalue weighted by molar-refractivity contribution is -0.325. The highest BCUT2D eigenvalue weighted by atomic mass is 19.3. The van der Waals surface area contributed by atoms with Crippen molar-refractivity contribution in [2.24, 2.45) is 0 Å². The second kappa shape index (κ2) is 2.65. The Kier molecular flexibility index (Phi) is 2.44. The summed E-state index contributed by atoms with van der Waals surface area (Å²) < 4.78 is 46.4. The molecule has 0 spiro atoms. The van der Waals surface area contributed by atoms with Gasteiger partial charge in [0, 0.05) is 0 Å². The van der Waals surface area contributed by atoms with Crippen molar-refractivity contribution in [3.63, 3.8) is 0 Å². The molecule has 0 aromatic rings. The number of aliphatic hydroxyl groups is 1. The second-order valence-electron chi connectivity index (χ2n) is 1.82. The van der Waals surface area contributed by atoms with E-state index in [1.165, 1.54) is 0 Å². The molecule has 0 heterocycles. The molecule has 0 radical (unpaired) electrons. The molecule has 0 rings (SSSR count). The lowest BCUT2D eigenvalue weighted by atomic mass is 10.2. The third-order valence-electron chi connectivity index (χ3n) is 0.813. The highest BCUT2D eigenvalue weighted by Crippen LogP contribution is 2.34. The average molecular weight is 176 g/mol. The van der Waals surface area contributed by atoms with E-state index in [0.29, 0.717) is 0 Å². The monoisotopic (exact) mass is 176 g/mol. The Morgan fingerprint density at radius 1 is 1.27 bits per heavy atom. The minimum atomic E-state index is -5.29. The predicted molar refractivity (Wildman–Crippen MR) is 24.4 cm³/mol. The van der Waals surface area contributed by atoms with E-state index in [1.807, 2.05) is 0 Å². The van der Waals surface area contributed by atoms with Crippen molar-refractivity contribution in [1.29, 1.82) is 0 Å². The SMILES string of the molecule is O=C(O)CC(F)(F)C(O)(F)F. The van der Waals surface area contributed by atoms with E-state index in [4.69, 9.17) is 10.2 Å². The highest BCUT2D eigenvalue weighted by Gasteiger charge is 2.56. The molecule has 0 saturated carbocycles. The van der Waals surface area contributed by atoms with Gasteiger partial charge in [-0.1, -0.05) is 0 Å². The molecule has 66 valence electrons. The molecule has 0 fully saturated rings. The van der Waals surface area contributed by atoms with Gasteiger partial charge < -0.3 is 10.2 Å². The van der Waals surface area contributed by atoms with Gasteiger partial charge in [-0.3, -0.25) is 4.79 Å². The number of aliphatic carboxylic acids is 1. The Morgan fingerprint density at radius 3 is 1.73 bits per heavy atom. The first kappa shape index (κ1) is 10.2. The van der Waals surface area contributed by atoms with E-state index < -0.39 is 24.4 Å². The Hall–Kier alpha value is -0.850. The molecule has 0 aromatic carbocycles. The molecule has 0 aliphatic rings. The average Bonchev–Trinajstić information content (AvgIpc) is 1.56. The van der Waals surface area contributed by atoms with Crippen molar-refractivity contribution in [1.82, 2.24) is 0 Å². The number of hydrogen-bond acceptors (Lipinski definition) is 2. The highest BCUT2D eigenvalue weighted by molar-refractivity contribution is 5.67. The van der Waals surface area contributed by atoms with Gasteiger partial charge in [0.15, 0.2) is 0 Å². The van der Waals surface area contributed by atoms with Crippen LogP contribution in [0.25, 0.3) is 0 Å². The summed E-state index contributed by atoms with van der Waals surface area (Å²) in [5.74, 6) is -7.03. The zero-order valence-corrected chi connectivity index (χ0v) is 5.02. The summed E-state index contributed by atoms with van der Waals surface area (Å²) in [7, 11) is 0. The quantitative estimate of drug-likeness (QED) is 0.621. The number of carboxylic acids is 1. The van der Waals surface area contributed by atoms with E-state index >= 15 is 0 Å². The van der Waals surface area contributed by atoms with Crippen LogP contribution in [0, 0.1) is 0 Å². The van der Waals surface area contributed by atoms with Crippen LogP contribution in [0.5, 0.6) is 0 Å². The van der Waals surface area contributed by atoms with Crippen LogP contribution in [0.4, 0.5) is 17.6 Å². The van der Waals surface area contributed by atoms with E-state index in [2.05, 4.69) is 0 Å². The minimum absolute atomic E-state index is 2.10. The van der Waals surface area contributed by atoms with Gasteiger partial charge >= 0.3 is 18.0 Å².